The van der Waals surface area contributed by atoms with Gasteiger partial charge < -0.3 is 0 Å². The van der Waals surface area contributed by atoms with Gasteiger partial charge in [-0.05, 0) is 23.9 Å². The number of thiophene rings is 1. The van der Waals surface area contributed by atoms with Gasteiger partial charge >= 0.3 is 0 Å². The van der Waals surface area contributed by atoms with Gasteiger partial charge in [0.2, 0.25) is 0 Å². The van der Waals surface area contributed by atoms with Crippen molar-refractivity contribution < 1.29 is 8.42 Å². The highest BCUT2D eigenvalue weighted by molar-refractivity contribution is 7.87. The molecule has 0 aliphatic rings. The standard InChI is InChI=1S/C10H18N2O2S2/c1-4-12(5-2)16(13,14)11-8-10-9(3)6-7-15-10/h6-7,11H,4-5,8H2,1-3H3. The second-order valence-electron chi connectivity index (χ2n) is 3.44. The van der Waals surface area contributed by atoms with E-state index in [1.54, 1.807) is 11.3 Å². The van der Waals surface area contributed by atoms with Crippen LogP contribution in [-0.4, -0.2) is 25.8 Å². The summed E-state index contributed by atoms with van der Waals surface area (Å²) >= 11 is 1.57. The molecule has 0 fully saturated rings. The Morgan fingerprint density at radius 2 is 2.00 bits per heavy atom. The number of nitrogens with zero attached hydrogens (tertiary/aromatic N) is 1. The van der Waals surface area contributed by atoms with Gasteiger partial charge in [0.15, 0.2) is 0 Å². The van der Waals surface area contributed by atoms with Gasteiger partial charge in [-0.25, -0.2) is 0 Å². The van der Waals surface area contributed by atoms with E-state index >= 15 is 0 Å². The van der Waals surface area contributed by atoms with Crippen LogP contribution in [-0.2, 0) is 16.8 Å². The summed E-state index contributed by atoms with van der Waals surface area (Å²) in [7, 11) is -3.33. The average Bonchev–Trinajstić information content (AvgIpc) is 2.62. The number of aryl methyl sites for hydroxylation is 1. The molecule has 0 saturated heterocycles. The fraction of sp³-hybridized carbons (Fsp3) is 0.600. The Bertz CT molecular complexity index is 422. The molecule has 6 heteroatoms. The third-order valence-electron chi connectivity index (χ3n) is 2.43. The Balaban J connectivity index is 2.64. The smallest absolute Gasteiger partial charge is 0.197 e. The number of hydrogen-bond donors (Lipinski definition) is 1. The summed E-state index contributed by atoms with van der Waals surface area (Å²) in [6.45, 7) is 7.02. The number of rotatable bonds is 6. The average molecular weight is 262 g/mol. The normalized spacial score (nSPS) is 12.2. The molecule has 4 nitrogen and oxygen atoms in total. The van der Waals surface area contributed by atoms with Crippen molar-refractivity contribution in [2.45, 2.75) is 27.3 Å². The third kappa shape index (κ3) is 3.28. The molecule has 1 aromatic rings. The van der Waals surface area contributed by atoms with Crippen molar-refractivity contribution in [1.82, 2.24) is 9.03 Å². The van der Waals surface area contributed by atoms with E-state index in [4.69, 9.17) is 0 Å². The molecule has 92 valence electrons. The Labute approximate surface area is 101 Å². The van der Waals surface area contributed by atoms with Crippen LogP contribution in [0.4, 0.5) is 0 Å². The van der Waals surface area contributed by atoms with Crippen LogP contribution in [0.3, 0.4) is 0 Å². The minimum atomic E-state index is -3.33. The second kappa shape index (κ2) is 5.77. The van der Waals surface area contributed by atoms with Crippen molar-refractivity contribution in [2.75, 3.05) is 13.1 Å². The zero-order valence-corrected chi connectivity index (χ0v) is 11.5. The van der Waals surface area contributed by atoms with Crippen LogP contribution in [0.5, 0.6) is 0 Å². The van der Waals surface area contributed by atoms with E-state index in [2.05, 4.69) is 4.72 Å². The molecule has 0 radical (unpaired) electrons. The summed E-state index contributed by atoms with van der Waals surface area (Å²) in [4.78, 5) is 1.07. The summed E-state index contributed by atoms with van der Waals surface area (Å²) in [5.74, 6) is 0. The number of hydrogen-bond acceptors (Lipinski definition) is 3. The highest BCUT2D eigenvalue weighted by atomic mass is 32.2. The molecule has 0 aromatic carbocycles. The summed E-state index contributed by atoms with van der Waals surface area (Å²) < 4.78 is 27.7. The summed E-state index contributed by atoms with van der Waals surface area (Å²) in [5.41, 5.74) is 1.13. The van der Waals surface area contributed by atoms with Crippen LogP contribution < -0.4 is 4.72 Å². The second-order valence-corrected chi connectivity index (χ2v) is 6.19. The molecule has 1 rings (SSSR count). The van der Waals surface area contributed by atoms with Crippen LogP contribution in [0.2, 0.25) is 0 Å². The molecule has 0 amide bonds. The van der Waals surface area contributed by atoms with Gasteiger partial charge in [-0.15, -0.1) is 11.3 Å². The van der Waals surface area contributed by atoms with E-state index in [1.165, 1.54) is 4.31 Å². The summed E-state index contributed by atoms with van der Waals surface area (Å²) in [6, 6.07) is 1.99. The van der Waals surface area contributed by atoms with Gasteiger partial charge in [0.05, 0.1) is 0 Å². The largest absolute Gasteiger partial charge is 0.279 e. The lowest BCUT2D eigenvalue weighted by Gasteiger charge is -2.18. The molecule has 16 heavy (non-hydrogen) atoms. The van der Waals surface area contributed by atoms with Crippen LogP contribution in [0.1, 0.15) is 24.3 Å². The lowest BCUT2D eigenvalue weighted by atomic mass is 10.3. The predicted molar refractivity (Wildman–Crippen MR) is 67.7 cm³/mol. The molecule has 0 unspecified atom stereocenters. The Hall–Kier alpha value is -0.430. The fourth-order valence-corrected chi connectivity index (χ4v) is 3.52. The summed E-state index contributed by atoms with van der Waals surface area (Å²) in [6.07, 6.45) is 0. The molecule has 0 saturated carbocycles. The molecule has 1 aromatic heterocycles. The van der Waals surface area contributed by atoms with Crippen LogP contribution in [0, 0.1) is 6.92 Å². The first-order valence-corrected chi connectivity index (χ1v) is 7.61. The molecule has 0 aliphatic carbocycles. The Morgan fingerprint density at radius 1 is 1.38 bits per heavy atom. The first kappa shape index (κ1) is 13.6. The first-order chi connectivity index (χ1) is 7.51. The third-order valence-corrected chi connectivity index (χ3v) is 5.16. The SMILES string of the molecule is CCN(CC)S(=O)(=O)NCc1sccc1C. The van der Waals surface area contributed by atoms with Crippen molar-refractivity contribution in [3.63, 3.8) is 0 Å². The van der Waals surface area contributed by atoms with Gasteiger partial charge in [-0.1, -0.05) is 13.8 Å². The van der Waals surface area contributed by atoms with Gasteiger partial charge in [-0.2, -0.15) is 17.4 Å². The van der Waals surface area contributed by atoms with Gasteiger partial charge in [0, 0.05) is 24.5 Å². The molecule has 1 N–H and O–H groups in total. The molecular formula is C10H18N2O2S2. The van der Waals surface area contributed by atoms with Crippen molar-refractivity contribution in [1.29, 1.82) is 0 Å². The molecular weight excluding hydrogens is 244 g/mol. The van der Waals surface area contributed by atoms with E-state index in [0.717, 1.165) is 10.4 Å². The van der Waals surface area contributed by atoms with Gasteiger partial charge in [-0.3, -0.25) is 0 Å². The van der Waals surface area contributed by atoms with E-state index in [0.29, 0.717) is 19.6 Å². The maximum atomic E-state index is 11.8. The zero-order valence-electron chi connectivity index (χ0n) is 9.86. The van der Waals surface area contributed by atoms with Gasteiger partial charge in [0.1, 0.15) is 0 Å². The van der Waals surface area contributed by atoms with E-state index < -0.39 is 10.2 Å². The highest BCUT2D eigenvalue weighted by Gasteiger charge is 2.18. The quantitative estimate of drug-likeness (QED) is 0.849. The van der Waals surface area contributed by atoms with E-state index in [-0.39, 0.29) is 0 Å². The molecule has 0 atom stereocenters. The van der Waals surface area contributed by atoms with Crippen LogP contribution in [0.15, 0.2) is 11.4 Å². The topological polar surface area (TPSA) is 49.4 Å². The molecule has 0 bridgehead atoms. The Morgan fingerprint density at radius 3 is 2.44 bits per heavy atom. The van der Waals surface area contributed by atoms with E-state index in [1.807, 2.05) is 32.2 Å². The van der Waals surface area contributed by atoms with Crippen molar-refractivity contribution >= 4 is 21.5 Å². The maximum absolute atomic E-state index is 11.8. The zero-order chi connectivity index (χ0) is 12.2. The number of nitrogens with one attached hydrogen (secondary N) is 1. The van der Waals surface area contributed by atoms with Crippen molar-refractivity contribution in [3.05, 3.63) is 21.9 Å². The molecule has 0 spiro atoms. The van der Waals surface area contributed by atoms with Crippen molar-refractivity contribution in [3.8, 4) is 0 Å². The Kier molecular flexibility index (Phi) is 4.91. The van der Waals surface area contributed by atoms with Crippen LogP contribution in [0.25, 0.3) is 0 Å². The minimum absolute atomic E-state index is 0.377. The van der Waals surface area contributed by atoms with Crippen molar-refractivity contribution in [2.24, 2.45) is 0 Å². The lowest BCUT2D eigenvalue weighted by Crippen LogP contribution is -2.40. The maximum Gasteiger partial charge on any atom is 0.279 e. The molecule has 1 heterocycles. The predicted octanol–water partition coefficient (Wildman–Crippen LogP) is 1.73. The van der Waals surface area contributed by atoms with E-state index in [9.17, 15) is 8.42 Å². The monoisotopic (exact) mass is 262 g/mol. The van der Waals surface area contributed by atoms with Crippen LogP contribution >= 0.6 is 11.3 Å². The lowest BCUT2D eigenvalue weighted by molar-refractivity contribution is 0.435. The first-order valence-electron chi connectivity index (χ1n) is 5.29. The highest BCUT2D eigenvalue weighted by Crippen LogP contribution is 2.15. The van der Waals surface area contributed by atoms with Gasteiger partial charge in [0.25, 0.3) is 10.2 Å². The molecule has 0 aliphatic heterocycles. The summed E-state index contributed by atoms with van der Waals surface area (Å²) in [5, 5.41) is 1.97. The fourth-order valence-electron chi connectivity index (χ4n) is 1.40. The minimum Gasteiger partial charge on any atom is -0.197 e.